The molecule has 0 aliphatic carbocycles. The van der Waals surface area contributed by atoms with Gasteiger partial charge in [-0.05, 0) is 42.0 Å². The van der Waals surface area contributed by atoms with Crippen molar-refractivity contribution in [2.24, 2.45) is 0 Å². The number of carboxylic acids is 1. The molecule has 0 saturated heterocycles. The van der Waals surface area contributed by atoms with E-state index in [-0.39, 0.29) is 17.6 Å². The van der Waals surface area contributed by atoms with Gasteiger partial charge in [-0.3, -0.25) is 0 Å². The van der Waals surface area contributed by atoms with Crippen molar-refractivity contribution >= 4 is 33.6 Å². The zero-order valence-electron chi connectivity index (χ0n) is 14.7. The number of carbonyl (C=O) groups is 2. The number of carbonyl (C=O) groups excluding carboxylic acids is 1. The first-order chi connectivity index (χ1) is 13.5. The Labute approximate surface area is 169 Å². The minimum atomic E-state index is -1.00. The third kappa shape index (κ3) is 3.50. The molecule has 2 heterocycles. The fraction of sp³-hybridized carbons (Fsp3) is 0.150. The molecular formula is C20H17BrN4O3. The van der Waals surface area contributed by atoms with Crippen LogP contribution in [0.5, 0.6) is 0 Å². The van der Waals surface area contributed by atoms with Gasteiger partial charge < -0.3 is 20.3 Å². The van der Waals surface area contributed by atoms with Crippen LogP contribution in [0.4, 0.5) is 10.5 Å². The van der Waals surface area contributed by atoms with Crippen LogP contribution in [-0.2, 0) is 6.42 Å². The van der Waals surface area contributed by atoms with E-state index in [2.05, 4.69) is 31.2 Å². The van der Waals surface area contributed by atoms with E-state index in [4.69, 9.17) is 5.11 Å². The molecule has 2 aromatic carbocycles. The Hall–Kier alpha value is -3.13. The van der Waals surface area contributed by atoms with Crippen molar-refractivity contribution in [3.8, 4) is 0 Å². The summed E-state index contributed by atoms with van der Waals surface area (Å²) < 4.78 is 0.962. The number of H-pyrrole nitrogens is 1. The van der Waals surface area contributed by atoms with Crippen LogP contribution in [0.3, 0.4) is 0 Å². The number of aromatic amines is 1. The summed E-state index contributed by atoms with van der Waals surface area (Å²) in [5.41, 5.74) is 3.54. The zero-order chi connectivity index (χ0) is 19.7. The number of anilines is 1. The van der Waals surface area contributed by atoms with Crippen molar-refractivity contribution in [1.82, 2.24) is 14.9 Å². The molecule has 2 amide bonds. The molecule has 1 aliphatic heterocycles. The van der Waals surface area contributed by atoms with Gasteiger partial charge in [0.05, 0.1) is 17.6 Å². The Balaban J connectivity index is 1.62. The van der Waals surface area contributed by atoms with Gasteiger partial charge in [-0.1, -0.05) is 28.1 Å². The molecule has 1 unspecified atom stereocenters. The number of aromatic nitrogens is 2. The number of benzene rings is 2. The van der Waals surface area contributed by atoms with E-state index in [0.29, 0.717) is 18.7 Å². The van der Waals surface area contributed by atoms with E-state index >= 15 is 0 Å². The molecule has 0 saturated carbocycles. The monoisotopic (exact) mass is 440 g/mol. The summed E-state index contributed by atoms with van der Waals surface area (Å²) in [5, 5.41) is 11.9. The molecule has 0 radical (unpaired) electrons. The number of rotatable bonds is 3. The minimum Gasteiger partial charge on any atom is -0.478 e. The van der Waals surface area contributed by atoms with E-state index in [1.807, 2.05) is 24.3 Å². The summed E-state index contributed by atoms with van der Waals surface area (Å²) in [6.07, 6.45) is 2.34. The summed E-state index contributed by atoms with van der Waals surface area (Å²) >= 11 is 3.44. The average Bonchev–Trinajstić information content (AvgIpc) is 3.17. The summed E-state index contributed by atoms with van der Waals surface area (Å²) in [6, 6.07) is 13.4. The highest BCUT2D eigenvalue weighted by atomic mass is 79.9. The summed E-state index contributed by atoms with van der Waals surface area (Å²) in [7, 11) is 0. The van der Waals surface area contributed by atoms with Crippen molar-refractivity contribution in [3.05, 3.63) is 81.8 Å². The smallest absolute Gasteiger partial charge is 0.335 e. The molecule has 0 spiro atoms. The van der Waals surface area contributed by atoms with Crippen LogP contribution in [0.2, 0.25) is 0 Å². The number of hydrogen-bond acceptors (Lipinski definition) is 3. The Morgan fingerprint density at radius 2 is 1.86 bits per heavy atom. The molecular weight excluding hydrogens is 424 g/mol. The lowest BCUT2D eigenvalue weighted by Crippen LogP contribution is -2.43. The molecule has 1 aliphatic rings. The number of fused-ring (bicyclic) bond motifs is 1. The number of carboxylic acid groups (broad SMARTS) is 1. The predicted molar refractivity (Wildman–Crippen MR) is 107 cm³/mol. The number of aromatic carboxylic acids is 1. The topological polar surface area (TPSA) is 98.3 Å². The Bertz CT molecular complexity index is 1010. The van der Waals surface area contributed by atoms with Crippen molar-refractivity contribution in [3.63, 3.8) is 0 Å². The Morgan fingerprint density at radius 1 is 1.14 bits per heavy atom. The number of nitrogens with one attached hydrogen (secondary N) is 2. The van der Waals surface area contributed by atoms with Crippen molar-refractivity contribution < 1.29 is 14.7 Å². The molecule has 1 atom stereocenters. The standard InChI is InChI=1S/C20H17BrN4O3/c21-14-5-1-12(2-6-14)18-17-16(22-11-23-17)9-10-25(18)20(28)24-15-7-3-13(4-8-15)19(26)27/h1-8,11,18H,9-10H2,(H,22,23)(H,24,28)(H,26,27). The van der Waals surface area contributed by atoms with Crippen LogP contribution in [0.1, 0.15) is 33.4 Å². The summed E-state index contributed by atoms with van der Waals surface area (Å²) in [6.45, 7) is 0.537. The second kappa shape index (κ2) is 7.47. The Kier molecular flexibility index (Phi) is 4.87. The van der Waals surface area contributed by atoms with Gasteiger partial charge in [-0.2, -0.15) is 0 Å². The van der Waals surface area contributed by atoms with E-state index in [1.165, 1.54) is 12.1 Å². The normalized spacial score (nSPS) is 15.8. The highest BCUT2D eigenvalue weighted by Gasteiger charge is 2.34. The third-order valence-corrected chi connectivity index (χ3v) is 5.28. The van der Waals surface area contributed by atoms with E-state index in [9.17, 15) is 9.59 Å². The van der Waals surface area contributed by atoms with Crippen LogP contribution in [-0.4, -0.2) is 38.5 Å². The SMILES string of the molecule is O=C(O)c1ccc(NC(=O)N2CCc3[nH]cnc3C2c2ccc(Br)cc2)cc1. The van der Waals surface area contributed by atoms with Crippen LogP contribution in [0, 0.1) is 0 Å². The first-order valence-electron chi connectivity index (χ1n) is 8.71. The van der Waals surface area contributed by atoms with Gasteiger partial charge in [0.2, 0.25) is 0 Å². The molecule has 3 aromatic rings. The number of amides is 2. The predicted octanol–water partition coefficient (Wildman–Crippen LogP) is 4.05. The largest absolute Gasteiger partial charge is 0.478 e. The summed E-state index contributed by atoms with van der Waals surface area (Å²) in [5.74, 6) is -1.00. The van der Waals surface area contributed by atoms with Gasteiger partial charge in [0.25, 0.3) is 0 Å². The third-order valence-electron chi connectivity index (χ3n) is 4.75. The van der Waals surface area contributed by atoms with Gasteiger partial charge in [0.15, 0.2) is 0 Å². The second-order valence-corrected chi connectivity index (χ2v) is 7.39. The highest BCUT2D eigenvalue weighted by Crippen LogP contribution is 2.34. The number of halogens is 1. The lowest BCUT2D eigenvalue weighted by atomic mass is 9.96. The summed E-state index contributed by atoms with van der Waals surface area (Å²) in [4.78, 5) is 33.4. The van der Waals surface area contributed by atoms with Gasteiger partial charge in [0, 0.05) is 28.8 Å². The van der Waals surface area contributed by atoms with Gasteiger partial charge in [-0.15, -0.1) is 0 Å². The lowest BCUT2D eigenvalue weighted by Gasteiger charge is -2.35. The maximum Gasteiger partial charge on any atom is 0.335 e. The molecule has 8 heteroatoms. The molecule has 0 fully saturated rings. The van der Waals surface area contributed by atoms with Gasteiger partial charge >= 0.3 is 12.0 Å². The first-order valence-corrected chi connectivity index (χ1v) is 9.51. The Morgan fingerprint density at radius 3 is 2.54 bits per heavy atom. The fourth-order valence-electron chi connectivity index (χ4n) is 3.37. The van der Waals surface area contributed by atoms with Crippen LogP contribution < -0.4 is 5.32 Å². The number of hydrogen-bond donors (Lipinski definition) is 3. The fourth-order valence-corrected chi connectivity index (χ4v) is 3.63. The number of imidazole rings is 1. The first kappa shape index (κ1) is 18.2. The van der Waals surface area contributed by atoms with Crippen molar-refractivity contribution in [2.45, 2.75) is 12.5 Å². The van der Waals surface area contributed by atoms with Crippen LogP contribution in [0.25, 0.3) is 0 Å². The minimum absolute atomic E-state index is 0.171. The van der Waals surface area contributed by atoms with Crippen molar-refractivity contribution in [2.75, 3.05) is 11.9 Å². The molecule has 4 rings (SSSR count). The molecule has 7 nitrogen and oxygen atoms in total. The molecule has 0 bridgehead atoms. The number of nitrogens with zero attached hydrogens (tertiary/aromatic N) is 2. The van der Waals surface area contributed by atoms with E-state index < -0.39 is 5.97 Å². The van der Waals surface area contributed by atoms with Gasteiger partial charge in [-0.25, -0.2) is 14.6 Å². The van der Waals surface area contributed by atoms with Crippen LogP contribution >= 0.6 is 15.9 Å². The lowest BCUT2D eigenvalue weighted by molar-refractivity contribution is 0.0697. The molecule has 142 valence electrons. The number of urea groups is 1. The zero-order valence-corrected chi connectivity index (χ0v) is 16.3. The maximum absolute atomic E-state index is 13.0. The van der Waals surface area contributed by atoms with Gasteiger partial charge in [0.1, 0.15) is 6.04 Å². The maximum atomic E-state index is 13.0. The highest BCUT2D eigenvalue weighted by molar-refractivity contribution is 9.10. The molecule has 1 aromatic heterocycles. The second-order valence-electron chi connectivity index (χ2n) is 6.48. The average molecular weight is 441 g/mol. The molecule has 28 heavy (non-hydrogen) atoms. The van der Waals surface area contributed by atoms with E-state index in [0.717, 1.165) is 21.4 Å². The van der Waals surface area contributed by atoms with Crippen LogP contribution in [0.15, 0.2) is 59.3 Å². The quantitative estimate of drug-likeness (QED) is 0.571. The van der Waals surface area contributed by atoms with Crippen molar-refractivity contribution in [1.29, 1.82) is 0 Å². The van der Waals surface area contributed by atoms with E-state index in [1.54, 1.807) is 23.4 Å². The molecule has 3 N–H and O–H groups in total.